The Hall–Kier alpha value is -4.27. The summed E-state index contributed by atoms with van der Waals surface area (Å²) in [6.45, 7) is -0.186. The molecule has 38 heavy (non-hydrogen) atoms. The number of rotatable bonds is 8. The number of methoxy groups -OCH3 is 1. The van der Waals surface area contributed by atoms with E-state index in [4.69, 9.17) is 4.74 Å². The first-order valence-electron chi connectivity index (χ1n) is 12.8. The monoisotopic (exact) mass is 515 g/mol. The van der Waals surface area contributed by atoms with Crippen molar-refractivity contribution in [1.82, 2.24) is 20.3 Å². The maximum Gasteiger partial charge on any atom is 0.249 e. The molecule has 2 amide bonds. The number of carbonyl (C=O) groups excluding carboxylic acids is 2. The topological polar surface area (TPSA) is 89.4 Å². The van der Waals surface area contributed by atoms with Crippen molar-refractivity contribution in [3.8, 4) is 5.75 Å². The molecule has 0 radical (unpaired) electrons. The van der Waals surface area contributed by atoms with Crippen LogP contribution in [0.4, 0.5) is 10.1 Å². The second-order valence-corrected chi connectivity index (χ2v) is 9.50. The number of carbonyl (C=O) groups is 2. The molecule has 4 aromatic rings. The van der Waals surface area contributed by atoms with Gasteiger partial charge >= 0.3 is 0 Å². The Morgan fingerprint density at radius 2 is 1.84 bits per heavy atom. The van der Waals surface area contributed by atoms with Gasteiger partial charge in [0.2, 0.25) is 11.8 Å². The lowest BCUT2D eigenvalue weighted by Gasteiger charge is -2.33. The second-order valence-electron chi connectivity index (χ2n) is 9.50. The van der Waals surface area contributed by atoms with E-state index in [9.17, 15) is 14.0 Å². The number of halogens is 1. The molecule has 1 aromatic heterocycles. The van der Waals surface area contributed by atoms with Crippen molar-refractivity contribution in [2.24, 2.45) is 0 Å². The van der Waals surface area contributed by atoms with E-state index in [1.807, 2.05) is 24.3 Å². The summed E-state index contributed by atoms with van der Waals surface area (Å²) in [6, 6.07) is 19.1. The molecule has 8 nitrogen and oxygen atoms in total. The Morgan fingerprint density at radius 3 is 2.63 bits per heavy atom. The van der Waals surface area contributed by atoms with E-state index in [0.717, 1.165) is 32.1 Å². The van der Waals surface area contributed by atoms with Crippen LogP contribution in [0.1, 0.15) is 43.7 Å². The first-order valence-corrected chi connectivity index (χ1v) is 12.8. The summed E-state index contributed by atoms with van der Waals surface area (Å²) in [7, 11) is 1.54. The van der Waals surface area contributed by atoms with Crippen molar-refractivity contribution in [3.63, 3.8) is 0 Å². The average Bonchev–Trinajstić information content (AvgIpc) is 3.34. The summed E-state index contributed by atoms with van der Waals surface area (Å²) >= 11 is 0. The van der Waals surface area contributed by atoms with Crippen LogP contribution >= 0.6 is 0 Å². The van der Waals surface area contributed by atoms with E-state index in [-0.39, 0.29) is 24.2 Å². The molecule has 1 atom stereocenters. The largest absolute Gasteiger partial charge is 0.497 e. The van der Waals surface area contributed by atoms with Gasteiger partial charge < -0.3 is 10.1 Å². The maximum absolute atomic E-state index is 14.4. The van der Waals surface area contributed by atoms with Crippen LogP contribution in [-0.4, -0.2) is 40.0 Å². The van der Waals surface area contributed by atoms with Gasteiger partial charge in [-0.1, -0.05) is 54.8 Å². The Bertz CT molecular complexity index is 1430. The third-order valence-electron chi connectivity index (χ3n) is 6.93. The van der Waals surface area contributed by atoms with Gasteiger partial charge in [-0.3, -0.25) is 14.5 Å². The van der Waals surface area contributed by atoms with Crippen molar-refractivity contribution in [2.75, 3.05) is 12.0 Å². The highest BCUT2D eigenvalue weighted by molar-refractivity contribution is 6.01. The van der Waals surface area contributed by atoms with Crippen molar-refractivity contribution >= 4 is 28.5 Å². The molecule has 1 aliphatic rings. The molecule has 1 N–H and O–H groups in total. The smallest absolute Gasteiger partial charge is 0.249 e. The van der Waals surface area contributed by atoms with Gasteiger partial charge in [0.1, 0.15) is 29.7 Å². The summed E-state index contributed by atoms with van der Waals surface area (Å²) in [5.74, 6) is -0.723. The molecular weight excluding hydrogens is 485 g/mol. The van der Waals surface area contributed by atoms with Crippen molar-refractivity contribution < 1.29 is 18.7 Å². The Labute approximate surface area is 220 Å². The standard InChI is InChI=1S/C29H30FN5O3/c1-38-24-14-7-9-20(17-24)28(29(37)31-22-11-3-2-4-12-22)35(23-13-8-10-21(30)18-23)27(36)19-34-26-16-6-5-15-25(26)32-33-34/h5-10,13-18,22,28H,2-4,11-12,19H2,1H3,(H,31,37)/t28-/m0/s1. The van der Waals surface area contributed by atoms with Gasteiger partial charge in [-0.15, -0.1) is 5.10 Å². The predicted octanol–water partition coefficient (Wildman–Crippen LogP) is 4.80. The molecule has 5 rings (SSSR count). The fourth-order valence-electron chi connectivity index (χ4n) is 5.06. The zero-order valence-corrected chi connectivity index (χ0v) is 21.2. The van der Waals surface area contributed by atoms with E-state index in [2.05, 4.69) is 15.6 Å². The number of nitrogens with zero attached hydrogens (tertiary/aromatic N) is 4. The molecule has 0 saturated heterocycles. The molecule has 9 heteroatoms. The van der Waals surface area contributed by atoms with Gasteiger partial charge in [0.25, 0.3) is 0 Å². The molecule has 0 aliphatic heterocycles. The van der Waals surface area contributed by atoms with Gasteiger partial charge in [-0.2, -0.15) is 0 Å². The second kappa shape index (κ2) is 11.4. The highest BCUT2D eigenvalue weighted by Gasteiger charge is 2.35. The molecule has 0 bridgehead atoms. The minimum Gasteiger partial charge on any atom is -0.497 e. The van der Waals surface area contributed by atoms with E-state index in [1.54, 1.807) is 37.4 Å². The summed E-state index contributed by atoms with van der Waals surface area (Å²) in [6.07, 6.45) is 5.00. The summed E-state index contributed by atoms with van der Waals surface area (Å²) in [4.78, 5) is 29.3. The number of amides is 2. The van der Waals surface area contributed by atoms with Crippen LogP contribution in [0.5, 0.6) is 5.75 Å². The molecule has 1 heterocycles. The Balaban J connectivity index is 1.57. The van der Waals surface area contributed by atoms with Crippen molar-refractivity contribution in [2.45, 2.75) is 50.7 Å². The predicted molar refractivity (Wildman–Crippen MR) is 142 cm³/mol. The van der Waals surface area contributed by atoms with Crippen molar-refractivity contribution in [3.05, 3.63) is 84.2 Å². The number of aromatic nitrogens is 3. The fraction of sp³-hybridized carbons (Fsp3) is 0.310. The average molecular weight is 516 g/mol. The lowest BCUT2D eigenvalue weighted by Crippen LogP contribution is -2.48. The number of ether oxygens (including phenoxy) is 1. The number of hydrogen-bond acceptors (Lipinski definition) is 5. The summed E-state index contributed by atoms with van der Waals surface area (Å²) in [5, 5.41) is 11.5. The Morgan fingerprint density at radius 1 is 1.05 bits per heavy atom. The summed E-state index contributed by atoms with van der Waals surface area (Å²) in [5.41, 5.74) is 2.16. The van der Waals surface area contributed by atoms with Gasteiger partial charge in [0, 0.05) is 11.7 Å². The van der Waals surface area contributed by atoms with E-state index >= 15 is 0 Å². The van der Waals surface area contributed by atoms with Crippen LogP contribution in [0.25, 0.3) is 11.0 Å². The van der Waals surface area contributed by atoms with Gasteiger partial charge in [0.15, 0.2) is 0 Å². The normalized spacial score (nSPS) is 14.7. The SMILES string of the molecule is COc1cccc([C@@H](C(=O)NC2CCCCC2)N(C(=O)Cn2nnc3ccccc32)c2cccc(F)c2)c1. The Kier molecular flexibility index (Phi) is 7.62. The number of nitrogens with one attached hydrogen (secondary N) is 1. The van der Waals surface area contributed by atoms with Crippen LogP contribution in [0.2, 0.25) is 0 Å². The van der Waals surface area contributed by atoms with Crippen molar-refractivity contribution in [1.29, 1.82) is 0 Å². The molecule has 1 saturated carbocycles. The van der Waals surface area contributed by atoms with Crippen LogP contribution < -0.4 is 15.0 Å². The van der Waals surface area contributed by atoms with Gasteiger partial charge in [-0.25, -0.2) is 9.07 Å². The van der Waals surface area contributed by atoms with Gasteiger partial charge in [-0.05, 0) is 60.9 Å². The van der Waals surface area contributed by atoms with Crippen LogP contribution in [-0.2, 0) is 16.1 Å². The lowest BCUT2D eigenvalue weighted by molar-refractivity contribution is -0.127. The minimum atomic E-state index is -1.06. The molecule has 3 aromatic carbocycles. The molecule has 1 aliphatic carbocycles. The highest BCUT2D eigenvalue weighted by Crippen LogP contribution is 2.31. The number of fused-ring (bicyclic) bond motifs is 1. The molecule has 196 valence electrons. The molecular formula is C29H30FN5O3. The van der Waals surface area contributed by atoms with E-state index < -0.39 is 17.8 Å². The molecule has 0 unspecified atom stereocenters. The third kappa shape index (κ3) is 5.51. The van der Waals surface area contributed by atoms with E-state index in [1.165, 1.54) is 27.8 Å². The van der Waals surface area contributed by atoms with Crippen LogP contribution in [0, 0.1) is 5.82 Å². The number of para-hydroxylation sites is 1. The lowest BCUT2D eigenvalue weighted by atomic mass is 9.94. The van der Waals surface area contributed by atoms with Crippen LogP contribution in [0.3, 0.4) is 0 Å². The highest BCUT2D eigenvalue weighted by atomic mass is 19.1. The summed E-state index contributed by atoms with van der Waals surface area (Å²) < 4.78 is 21.4. The number of anilines is 1. The van der Waals surface area contributed by atoms with Gasteiger partial charge in [0.05, 0.1) is 12.6 Å². The fourth-order valence-corrected chi connectivity index (χ4v) is 5.06. The maximum atomic E-state index is 14.4. The minimum absolute atomic E-state index is 0.0214. The first kappa shape index (κ1) is 25.4. The molecule has 1 fully saturated rings. The zero-order chi connectivity index (χ0) is 26.5. The quantitative estimate of drug-likeness (QED) is 0.364. The number of benzene rings is 3. The van der Waals surface area contributed by atoms with Crippen LogP contribution in [0.15, 0.2) is 72.8 Å². The zero-order valence-electron chi connectivity index (χ0n) is 21.2. The number of hydrogen-bond donors (Lipinski definition) is 1. The molecule has 0 spiro atoms. The first-order chi connectivity index (χ1) is 18.5. The van der Waals surface area contributed by atoms with E-state index in [0.29, 0.717) is 22.3 Å². The third-order valence-corrected chi connectivity index (χ3v) is 6.93.